The Balaban J connectivity index is 1.76. The van der Waals surface area contributed by atoms with Crippen LogP contribution < -0.4 is 5.32 Å². The minimum absolute atomic E-state index is 0.160. The fourth-order valence-electron chi connectivity index (χ4n) is 3.90. The molecule has 1 aliphatic rings. The van der Waals surface area contributed by atoms with Crippen molar-refractivity contribution in [3.63, 3.8) is 0 Å². The van der Waals surface area contributed by atoms with E-state index in [1.165, 1.54) is 0 Å². The van der Waals surface area contributed by atoms with Crippen LogP contribution in [0.25, 0.3) is 5.69 Å². The number of nitrogens with one attached hydrogen (secondary N) is 1. The second-order valence-electron chi connectivity index (χ2n) is 7.34. The molecule has 2 amide bonds. The van der Waals surface area contributed by atoms with E-state index >= 15 is 0 Å². The van der Waals surface area contributed by atoms with Crippen LogP contribution in [0.15, 0.2) is 66.9 Å². The van der Waals surface area contributed by atoms with Crippen LogP contribution >= 0.6 is 0 Å². The molecule has 2 heterocycles. The monoisotopic (exact) mass is 403 g/mol. The summed E-state index contributed by atoms with van der Waals surface area (Å²) in [5.74, 6) is -0.448. The van der Waals surface area contributed by atoms with Gasteiger partial charge in [-0.1, -0.05) is 48.0 Å². The number of aromatic nitrogens is 1. The second kappa shape index (κ2) is 8.45. The molecule has 6 nitrogen and oxygen atoms in total. The summed E-state index contributed by atoms with van der Waals surface area (Å²) in [4.78, 5) is 26.8. The van der Waals surface area contributed by atoms with E-state index in [-0.39, 0.29) is 25.2 Å². The highest BCUT2D eigenvalue weighted by Crippen LogP contribution is 2.36. The third-order valence-corrected chi connectivity index (χ3v) is 5.31. The van der Waals surface area contributed by atoms with Crippen LogP contribution in [0.3, 0.4) is 0 Å². The number of aryl methyl sites for hydroxylation is 1. The maximum Gasteiger partial charge on any atom is 0.325 e. The van der Waals surface area contributed by atoms with Crippen LogP contribution in [-0.2, 0) is 16.1 Å². The number of carbonyl (C=O) groups is 2. The minimum atomic E-state index is -0.448. The molecule has 4 rings (SSSR count). The van der Waals surface area contributed by atoms with Gasteiger partial charge < -0.3 is 19.5 Å². The Morgan fingerprint density at radius 3 is 2.60 bits per heavy atom. The zero-order valence-corrected chi connectivity index (χ0v) is 17.2. The topological polar surface area (TPSA) is 63.6 Å². The lowest BCUT2D eigenvalue weighted by Gasteiger charge is -2.31. The lowest BCUT2D eigenvalue weighted by Crippen LogP contribution is -2.44. The maximum absolute atomic E-state index is 13.2. The highest BCUT2D eigenvalue weighted by molar-refractivity contribution is 5.81. The van der Waals surface area contributed by atoms with Crippen molar-refractivity contribution >= 4 is 12.0 Å². The van der Waals surface area contributed by atoms with Crippen LogP contribution in [0.2, 0.25) is 0 Å². The van der Waals surface area contributed by atoms with Gasteiger partial charge in [0, 0.05) is 11.9 Å². The first-order chi connectivity index (χ1) is 14.6. The zero-order chi connectivity index (χ0) is 21.1. The zero-order valence-electron chi connectivity index (χ0n) is 17.2. The number of urea groups is 1. The van der Waals surface area contributed by atoms with Gasteiger partial charge in [0.2, 0.25) is 0 Å². The summed E-state index contributed by atoms with van der Waals surface area (Å²) >= 11 is 0. The van der Waals surface area contributed by atoms with Crippen molar-refractivity contribution in [2.75, 3.05) is 13.2 Å². The normalized spacial score (nSPS) is 15.0. The molecule has 6 heteroatoms. The molecular formula is C24H25N3O3. The molecule has 1 aliphatic heterocycles. The number of amides is 2. The Labute approximate surface area is 176 Å². The van der Waals surface area contributed by atoms with E-state index in [0.717, 1.165) is 28.1 Å². The number of hydrogen-bond acceptors (Lipinski definition) is 3. The number of para-hydroxylation sites is 1. The second-order valence-corrected chi connectivity index (χ2v) is 7.34. The quantitative estimate of drug-likeness (QED) is 0.671. The van der Waals surface area contributed by atoms with Crippen molar-refractivity contribution < 1.29 is 14.3 Å². The average molecular weight is 403 g/mol. The average Bonchev–Trinajstić information content (AvgIpc) is 3.17. The van der Waals surface area contributed by atoms with Crippen molar-refractivity contribution in [3.05, 3.63) is 89.2 Å². The lowest BCUT2D eigenvalue weighted by atomic mass is 10.0. The first-order valence-corrected chi connectivity index (χ1v) is 10.1. The van der Waals surface area contributed by atoms with Gasteiger partial charge in [-0.3, -0.25) is 4.79 Å². The van der Waals surface area contributed by atoms with Crippen LogP contribution in [0.4, 0.5) is 4.79 Å². The minimum Gasteiger partial charge on any atom is -0.465 e. The maximum atomic E-state index is 13.2. The van der Waals surface area contributed by atoms with Gasteiger partial charge in [0.05, 0.1) is 24.9 Å². The molecule has 3 aromatic rings. The first-order valence-electron chi connectivity index (χ1n) is 10.1. The van der Waals surface area contributed by atoms with Crippen LogP contribution in [0, 0.1) is 6.92 Å². The van der Waals surface area contributed by atoms with Gasteiger partial charge >= 0.3 is 12.0 Å². The lowest BCUT2D eigenvalue weighted by molar-refractivity contribution is -0.141. The van der Waals surface area contributed by atoms with Crippen molar-refractivity contribution in [2.24, 2.45) is 0 Å². The largest absolute Gasteiger partial charge is 0.465 e. The molecule has 154 valence electrons. The van der Waals surface area contributed by atoms with Gasteiger partial charge in [0.1, 0.15) is 6.54 Å². The number of nitrogens with zero attached hydrogens (tertiary/aromatic N) is 2. The van der Waals surface area contributed by atoms with Gasteiger partial charge in [-0.25, -0.2) is 4.79 Å². The molecule has 0 spiro atoms. The molecule has 1 atom stereocenters. The van der Waals surface area contributed by atoms with Gasteiger partial charge in [0.15, 0.2) is 0 Å². The van der Waals surface area contributed by atoms with Crippen molar-refractivity contribution in [2.45, 2.75) is 26.4 Å². The highest BCUT2D eigenvalue weighted by atomic mass is 16.5. The van der Waals surface area contributed by atoms with E-state index in [2.05, 4.69) is 40.2 Å². The molecule has 1 N–H and O–H groups in total. The van der Waals surface area contributed by atoms with E-state index in [0.29, 0.717) is 6.54 Å². The molecule has 1 aromatic heterocycles. The highest BCUT2D eigenvalue weighted by Gasteiger charge is 2.33. The van der Waals surface area contributed by atoms with E-state index < -0.39 is 5.97 Å². The Morgan fingerprint density at radius 1 is 1.07 bits per heavy atom. The summed E-state index contributed by atoms with van der Waals surface area (Å²) in [5, 5.41) is 2.73. The van der Waals surface area contributed by atoms with Gasteiger partial charge in [-0.2, -0.15) is 0 Å². The summed E-state index contributed by atoms with van der Waals surface area (Å²) in [6.45, 7) is 4.33. The van der Waals surface area contributed by atoms with E-state index in [1.807, 2.05) is 43.5 Å². The number of carbonyl (C=O) groups excluding carboxylic acids is 2. The van der Waals surface area contributed by atoms with Gasteiger partial charge in [-0.05, 0) is 43.2 Å². The Morgan fingerprint density at radius 2 is 1.83 bits per heavy atom. The van der Waals surface area contributed by atoms with Crippen molar-refractivity contribution in [3.8, 4) is 5.69 Å². The Hall–Kier alpha value is -3.54. The molecule has 0 saturated heterocycles. The summed E-state index contributed by atoms with van der Waals surface area (Å²) in [6.07, 6.45) is 2.02. The fourth-order valence-corrected chi connectivity index (χ4v) is 3.90. The number of esters is 1. The Kier molecular flexibility index (Phi) is 5.57. The van der Waals surface area contributed by atoms with Gasteiger partial charge in [-0.15, -0.1) is 0 Å². The molecule has 0 fully saturated rings. The van der Waals surface area contributed by atoms with Crippen LogP contribution in [-0.4, -0.2) is 34.6 Å². The SMILES string of the molecule is CCOC(=O)CNC(=O)N1Cc2ccccc2-n2cccc2[C@@H]1c1ccc(C)cc1. The standard InChI is InChI=1S/C24H25N3O3/c1-3-30-22(28)15-25-24(29)27-16-19-7-4-5-8-20(19)26-14-6-9-21(26)23(27)18-12-10-17(2)11-13-18/h4-14,23H,3,15-16H2,1-2H3,(H,25,29)/t23-/m0/s1. The number of ether oxygens (including phenoxy) is 1. The van der Waals surface area contributed by atoms with E-state index in [4.69, 9.17) is 4.74 Å². The molecule has 0 radical (unpaired) electrons. The third kappa shape index (κ3) is 3.81. The van der Waals surface area contributed by atoms with E-state index in [9.17, 15) is 9.59 Å². The number of benzene rings is 2. The smallest absolute Gasteiger partial charge is 0.325 e. The summed E-state index contributed by atoms with van der Waals surface area (Å²) in [6, 6.07) is 19.7. The summed E-state index contributed by atoms with van der Waals surface area (Å²) < 4.78 is 7.09. The summed E-state index contributed by atoms with van der Waals surface area (Å²) in [7, 11) is 0. The van der Waals surface area contributed by atoms with Crippen molar-refractivity contribution in [1.29, 1.82) is 0 Å². The molecule has 0 saturated carbocycles. The number of hydrogen-bond donors (Lipinski definition) is 1. The molecule has 30 heavy (non-hydrogen) atoms. The predicted molar refractivity (Wildman–Crippen MR) is 114 cm³/mol. The van der Waals surface area contributed by atoms with Crippen LogP contribution in [0.5, 0.6) is 0 Å². The fraction of sp³-hybridized carbons (Fsp3) is 0.250. The van der Waals surface area contributed by atoms with Gasteiger partial charge in [0.25, 0.3) is 0 Å². The molecule has 0 unspecified atom stereocenters. The van der Waals surface area contributed by atoms with E-state index in [1.54, 1.807) is 11.8 Å². The third-order valence-electron chi connectivity index (χ3n) is 5.31. The summed E-state index contributed by atoms with van der Waals surface area (Å²) in [5.41, 5.74) is 5.25. The number of rotatable bonds is 4. The molecule has 2 aromatic carbocycles. The molecule has 0 bridgehead atoms. The number of fused-ring (bicyclic) bond motifs is 3. The predicted octanol–water partition coefficient (Wildman–Crippen LogP) is 3.96. The van der Waals surface area contributed by atoms with Crippen LogP contribution in [0.1, 0.15) is 35.3 Å². The Bertz CT molecular complexity index is 1060. The van der Waals surface area contributed by atoms with Crippen molar-refractivity contribution in [1.82, 2.24) is 14.8 Å². The molecular weight excluding hydrogens is 378 g/mol. The molecule has 0 aliphatic carbocycles. The first kappa shape index (κ1) is 19.8.